The Morgan fingerprint density at radius 1 is 1.07 bits per heavy atom. The standard InChI is InChI=1S/C11H27GeNO/c1-7-12(8-2,9-3)14-10-11(4)13(5)6/h11H,7-10H2,1-6H3. The molecule has 0 rings (SSSR count). The summed E-state index contributed by atoms with van der Waals surface area (Å²) in [4.78, 5) is 2.23. The van der Waals surface area contributed by atoms with E-state index in [-0.39, 0.29) is 0 Å². The quantitative estimate of drug-likeness (QED) is 0.654. The van der Waals surface area contributed by atoms with Crippen LogP contribution in [-0.4, -0.2) is 45.2 Å². The molecular formula is C11H27GeNO. The maximum atomic E-state index is 6.25. The fourth-order valence-corrected chi connectivity index (χ4v) is 7.18. The minimum atomic E-state index is -1.87. The normalized spacial score (nSPS) is 14.8. The molecule has 0 aromatic carbocycles. The van der Waals surface area contributed by atoms with Gasteiger partial charge >= 0.3 is 92.5 Å². The summed E-state index contributed by atoms with van der Waals surface area (Å²) in [7, 11) is 4.24. The second kappa shape index (κ2) is 6.86. The molecule has 0 amide bonds. The zero-order valence-corrected chi connectivity index (χ0v) is 12.9. The van der Waals surface area contributed by atoms with Crippen molar-refractivity contribution in [2.24, 2.45) is 0 Å². The van der Waals surface area contributed by atoms with E-state index in [0.717, 1.165) is 6.61 Å². The van der Waals surface area contributed by atoms with E-state index in [2.05, 4.69) is 46.7 Å². The van der Waals surface area contributed by atoms with Crippen LogP contribution in [0.2, 0.25) is 15.8 Å². The molecule has 86 valence electrons. The summed E-state index contributed by atoms with van der Waals surface area (Å²) in [5.74, 6) is 0. The SMILES string of the molecule is C[CH2][Ge]([CH2]C)([CH2]C)[O]CC(C)N(C)C. The first-order valence-corrected chi connectivity index (χ1v) is 11.1. The molecule has 0 spiro atoms. The Balaban J connectivity index is 4.05. The van der Waals surface area contributed by atoms with Gasteiger partial charge in [-0.3, -0.25) is 0 Å². The van der Waals surface area contributed by atoms with Crippen molar-refractivity contribution in [2.75, 3.05) is 20.7 Å². The summed E-state index contributed by atoms with van der Waals surface area (Å²) in [6.07, 6.45) is 0. The number of likely N-dealkylation sites (N-methyl/N-ethyl adjacent to an activating group) is 1. The zero-order valence-electron chi connectivity index (χ0n) is 10.8. The summed E-state index contributed by atoms with van der Waals surface area (Å²) < 4.78 is 6.25. The van der Waals surface area contributed by atoms with E-state index in [9.17, 15) is 0 Å². The third-order valence-electron chi connectivity index (χ3n) is 3.45. The molecule has 0 bridgehead atoms. The van der Waals surface area contributed by atoms with E-state index in [1.165, 1.54) is 15.8 Å². The van der Waals surface area contributed by atoms with Crippen LogP contribution in [0.5, 0.6) is 0 Å². The van der Waals surface area contributed by atoms with Gasteiger partial charge in [-0.05, 0) is 0 Å². The molecule has 0 aliphatic rings. The van der Waals surface area contributed by atoms with Crippen LogP contribution in [-0.2, 0) is 3.76 Å². The molecule has 0 saturated carbocycles. The van der Waals surface area contributed by atoms with Crippen molar-refractivity contribution in [1.29, 1.82) is 0 Å². The number of hydrogen-bond donors (Lipinski definition) is 0. The third-order valence-corrected chi connectivity index (χ3v) is 13.2. The summed E-state index contributed by atoms with van der Waals surface area (Å²) in [6.45, 7) is 10.0. The van der Waals surface area contributed by atoms with Gasteiger partial charge in [-0.15, -0.1) is 0 Å². The van der Waals surface area contributed by atoms with Crippen LogP contribution < -0.4 is 0 Å². The number of rotatable bonds is 7. The Morgan fingerprint density at radius 3 is 1.79 bits per heavy atom. The molecule has 0 aromatic heterocycles. The van der Waals surface area contributed by atoms with Gasteiger partial charge in [0.1, 0.15) is 0 Å². The molecule has 0 heterocycles. The molecule has 3 heteroatoms. The molecule has 1 atom stereocenters. The molecule has 0 saturated heterocycles. The summed E-state index contributed by atoms with van der Waals surface area (Å²) in [6, 6.07) is 0.546. The predicted molar refractivity (Wildman–Crippen MR) is 66.3 cm³/mol. The molecule has 0 aliphatic heterocycles. The van der Waals surface area contributed by atoms with Gasteiger partial charge in [-0.1, -0.05) is 0 Å². The Labute approximate surface area is 92.7 Å². The van der Waals surface area contributed by atoms with Crippen LogP contribution >= 0.6 is 0 Å². The van der Waals surface area contributed by atoms with Gasteiger partial charge in [0.05, 0.1) is 0 Å². The van der Waals surface area contributed by atoms with Gasteiger partial charge in [0.2, 0.25) is 0 Å². The van der Waals surface area contributed by atoms with Gasteiger partial charge in [-0.2, -0.15) is 0 Å². The molecule has 1 unspecified atom stereocenters. The first-order chi connectivity index (χ1) is 6.51. The zero-order chi connectivity index (χ0) is 11.2. The van der Waals surface area contributed by atoms with E-state index in [1.54, 1.807) is 0 Å². The van der Waals surface area contributed by atoms with Crippen LogP contribution in [0.1, 0.15) is 27.7 Å². The van der Waals surface area contributed by atoms with Crippen molar-refractivity contribution >= 4 is 13.6 Å². The van der Waals surface area contributed by atoms with Crippen molar-refractivity contribution in [3.8, 4) is 0 Å². The van der Waals surface area contributed by atoms with Gasteiger partial charge < -0.3 is 0 Å². The third kappa shape index (κ3) is 4.32. The van der Waals surface area contributed by atoms with E-state index < -0.39 is 13.6 Å². The van der Waals surface area contributed by atoms with E-state index in [4.69, 9.17) is 3.76 Å². The molecule has 14 heavy (non-hydrogen) atoms. The monoisotopic (exact) mass is 263 g/mol. The number of nitrogens with zero attached hydrogens (tertiary/aromatic N) is 1. The van der Waals surface area contributed by atoms with Gasteiger partial charge in [0.15, 0.2) is 0 Å². The average molecular weight is 262 g/mol. The predicted octanol–water partition coefficient (Wildman–Crippen LogP) is 2.96. The molecule has 0 aromatic rings. The van der Waals surface area contributed by atoms with Crippen LogP contribution in [0.4, 0.5) is 0 Å². The fraction of sp³-hybridized carbons (Fsp3) is 1.00. The van der Waals surface area contributed by atoms with Crippen molar-refractivity contribution in [1.82, 2.24) is 4.90 Å². The molecular weight excluding hydrogens is 235 g/mol. The van der Waals surface area contributed by atoms with Crippen LogP contribution in [0.25, 0.3) is 0 Å². The average Bonchev–Trinajstić information content (AvgIpc) is 2.20. The van der Waals surface area contributed by atoms with E-state index in [0.29, 0.717) is 6.04 Å². The van der Waals surface area contributed by atoms with Crippen molar-refractivity contribution in [3.63, 3.8) is 0 Å². The van der Waals surface area contributed by atoms with Gasteiger partial charge in [0.25, 0.3) is 0 Å². The van der Waals surface area contributed by atoms with Crippen molar-refractivity contribution < 1.29 is 3.76 Å². The second-order valence-corrected chi connectivity index (χ2v) is 14.4. The van der Waals surface area contributed by atoms with Gasteiger partial charge in [-0.25, -0.2) is 0 Å². The van der Waals surface area contributed by atoms with Crippen molar-refractivity contribution in [3.05, 3.63) is 0 Å². The molecule has 0 fully saturated rings. The molecule has 0 aliphatic carbocycles. The first-order valence-electron chi connectivity index (χ1n) is 5.81. The fourth-order valence-electron chi connectivity index (χ4n) is 1.50. The van der Waals surface area contributed by atoms with Crippen LogP contribution in [0.15, 0.2) is 0 Å². The van der Waals surface area contributed by atoms with Crippen LogP contribution in [0.3, 0.4) is 0 Å². The summed E-state index contributed by atoms with van der Waals surface area (Å²) in [5.41, 5.74) is 0. The number of hydrogen-bond acceptors (Lipinski definition) is 2. The first kappa shape index (κ1) is 14.5. The Hall–Kier alpha value is 0.463. The summed E-state index contributed by atoms with van der Waals surface area (Å²) >= 11 is -1.87. The van der Waals surface area contributed by atoms with E-state index >= 15 is 0 Å². The summed E-state index contributed by atoms with van der Waals surface area (Å²) in [5, 5.41) is 3.90. The molecule has 0 radical (unpaired) electrons. The van der Waals surface area contributed by atoms with Crippen molar-refractivity contribution in [2.45, 2.75) is 49.5 Å². The molecule has 2 nitrogen and oxygen atoms in total. The Morgan fingerprint density at radius 2 is 1.50 bits per heavy atom. The maximum absolute atomic E-state index is 6.25. The Bertz CT molecular complexity index is 138. The minimum absolute atomic E-state index is 0.546. The Kier molecular flexibility index (Phi) is 7.08. The second-order valence-electron chi connectivity index (χ2n) is 4.37. The van der Waals surface area contributed by atoms with E-state index in [1.807, 2.05) is 0 Å². The molecule has 0 N–H and O–H groups in total. The van der Waals surface area contributed by atoms with Crippen LogP contribution in [0, 0.1) is 0 Å². The van der Waals surface area contributed by atoms with Gasteiger partial charge in [0, 0.05) is 0 Å². The topological polar surface area (TPSA) is 12.5 Å².